The first-order valence-corrected chi connectivity index (χ1v) is 7.20. The van der Waals surface area contributed by atoms with Crippen LogP contribution < -0.4 is 10.5 Å². The Kier molecular flexibility index (Phi) is 4.00. The lowest BCUT2D eigenvalue weighted by molar-refractivity contribution is 0.0360. The molecule has 24 heavy (non-hydrogen) atoms. The fraction of sp³-hybridized carbons (Fsp3) is 0.250. The molecule has 0 aliphatic heterocycles. The number of benzene rings is 1. The van der Waals surface area contributed by atoms with Gasteiger partial charge in [-0.1, -0.05) is 12.1 Å². The van der Waals surface area contributed by atoms with Crippen molar-refractivity contribution < 1.29 is 19.0 Å². The SMILES string of the molecule is N#Cc1cccc(-c2nc(N)c(C(=O)O)c(OC3CC(F)C3)n2)c1. The van der Waals surface area contributed by atoms with Crippen molar-refractivity contribution in [2.45, 2.75) is 25.1 Å². The van der Waals surface area contributed by atoms with Crippen molar-refractivity contribution >= 4 is 11.8 Å². The molecule has 8 heteroatoms. The van der Waals surface area contributed by atoms with Crippen LogP contribution in [0, 0.1) is 11.3 Å². The van der Waals surface area contributed by atoms with E-state index in [1.807, 2.05) is 6.07 Å². The fourth-order valence-electron chi connectivity index (χ4n) is 2.36. The van der Waals surface area contributed by atoms with Crippen molar-refractivity contribution in [3.8, 4) is 23.3 Å². The zero-order valence-electron chi connectivity index (χ0n) is 12.4. The molecule has 1 aliphatic carbocycles. The van der Waals surface area contributed by atoms with Crippen LogP contribution in [0.2, 0.25) is 0 Å². The minimum atomic E-state index is -1.32. The van der Waals surface area contributed by atoms with E-state index in [9.17, 15) is 14.3 Å². The number of carboxylic acid groups (broad SMARTS) is 1. The molecule has 0 atom stereocenters. The van der Waals surface area contributed by atoms with Crippen LogP contribution in [0.4, 0.5) is 10.2 Å². The highest BCUT2D eigenvalue weighted by atomic mass is 19.1. The van der Waals surface area contributed by atoms with E-state index in [2.05, 4.69) is 9.97 Å². The summed E-state index contributed by atoms with van der Waals surface area (Å²) in [5.74, 6) is -1.62. The molecule has 0 unspecified atom stereocenters. The van der Waals surface area contributed by atoms with Gasteiger partial charge in [0.05, 0.1) is 11.6 Å². The summed E-state index contributed by atoms with van der Waals surface area (Å²) in [5.41, 5.74) is 6.29. The number of nitrogen functional groups attached to an aromatic ring is 1. The molecular formula is C16H13FN4O3. The minimum absolute atomic E-state index is 0.140. The van der Waals surface area contributed by atoms with Crippen molar-refractivity contribution in [2.75, 3.05) is 5.73 Å². The molecule has 1 fully saturated rings. The molecule has 3 N–H and O–H groups in total. The largest absolute Gasteiger partial charge is 0.477 e. The van der Waals surface area contributed by atoms with Gasteiger partial charge in [-0.05, 0) is 12.1 Å². The number of aromatic carboxylic acids is 1. The number of aromatic nitrogens is 2. The van der Waals surface area contributed by atoms with E-state index in [1.54, 1.807) is 24.3 Å². The third kappa shape index (κ3) is 2.96. The van der Waals surface area contributed by atoms with Crippen LogP contribution in [0.25, 0.3) is 11.4 Å². The average molecular weight is 328 g/mol. The molecule has 0 spiro atoms. The van der Waals surface area contributed by atoms with Gasteiger partial charge in [0.2, 0.25) is 5.88 Å². The van der Waals surface area contributed by atoms with E-state index in [4.69, 9.17) is 15.7 Å². The highest BCUT2D eigenvalue weighted by molar-refractivity contribution is 5.95. The molecule has 1 saturated carbocycles. The number of carbonyl (C=O) groups is 1. The Morgan fingerprint density at radius 2 is 2.17 bits per heavy atom. The molecule has 1 aromatic carbocycles. The maximum absolute atomic E-state index is 13.0. The molecule has 1 aromatic heterocycles. The van der Waals surface area contributed by atoms with E-state index in [0.717, 1.165) is 0 Å². The number of nitrogens with two attached hydrogens (primary N) is 1. The predicted molar refractivity (Wildman–Crippen MR) is 82.1 cm³/mol. The summed E-state index contributed by atoms with van der Waals surface area (Å²) in [6, 6.07) is 8.49. The quantitative estimate of drug-likeness (QED) is 0.881. The first-order valence-electron chi connectivity index (χ1n) is 7.20. The number of hydrogen-bond acceptors (Lipinski definition) is 6. The number of rotatable bonds is 4. The summed E-state index contributed by atoms with van der Waals surface area (Å²) in [5, 5.41) is 18.3. The highest BCUT2D eigenvalue weighted by Crippen LogP contribution is 2.32. The summed E-state index contributed by atoms with van der Waals surface area (Å²) >= 11 is 0. The van der Waals surface area contributed by atoms with Crippen LogP contribution in [0.3, 0.4) is 0 Å². The van der Waals surface area contributed by atoms with E-state index >= 15 is 0 Å². The van der Waals surface area contributed by atoms with Crippen molar-refractivity contribution in [3.05, 3.63) is 35.4 Å². The Labute approximate surface area is 136 Å². The molecule has 1 aliphatic rings. The van der Waals surface area contributed by atoms with E-state index in [0.29, 0.717) is 11.1 Å². The summed E-state index contributed by atoms with van der Waals surface area (Å²) in [6.07, 6.45) is -1.02. The van der Waals surface area contributed by atoms with E-state index < -0.39 is 18.2 Å². The van der Waals surface area contributed by atoms with Crippen LogP contribution in [0.1, 0.15) is 28.8 Å². The lowest BCUT2D eigenvalue weighted by Gasteiger charge is -2.30. The average Bonchev–Trinajstić information content (AvgIpc) is 2.52. The second-order valence-electron chi connectivity index (χ2n) is 5.42. The number of alkyl halides is 1. The van der Waals surface area contributed by atoms with Crippen molar-refractivity contribution in [1.29, 1.82) is 5.26 Å². The third-order valence-corrected chi connectivity index (χ3v) is 3.68. The van der Waals surface area contributed by atoms with Crippen LogP contribution >= 0.6 is 0 Å². The second kappa shape index (κ2) is 6.12. The van der Waals surface area contributed by atoms with Gasteiger partial charge in [0.25, 0.3) is 0 Å². The van der Waals surface area contributed by atoms with Gasteiger partial charge in [-0.2, -0.15) is 10.2 Å². The molecule has 0 saturated heterocycles. The number of halogens is 1. The number of hydrogen-bond donors (Lipinski definition) is 2. The van der Waals surface area contributed by atoms with Crippen molar-refractivity contribution in [3.63, 3.8) is 0 Å². The maximum atomic E-state index is 13.0. The normalized spacial score (nSPS) is 19.2. The molecule has 0 radical (unpaired) electrons. The Bertz CT molecular complexity index is 844. The molecule has 2 aromatic rings. The zero-order valence-corrected chi connectivity index (χ0v) is 12.4. The third-order valence-electron chi connectivity index (χ3n) is 3.68. The zero-order chi connectivity index (χ0) is 17.3. The van der Waals surface area contributed by atoms with Crippen LogP contribution in [0.15, 0.2) is 24.3 Å². The van der Waals surface area contributed by atoms with Crippen LogP contribution in [-0.4, -0.2) is 33.3 Å². The smallest absolute Gasteiger partial charge is 0.345 e. The number of nitrogens with zero attached hydrogens (tertiary/aromatic N) is 3. The molecule has 7 nitrogen and oxygen atoms in total. The minimum Gasteiger partial charge on any atom is -0.477 e. The van der Waals surface area contributed by atoms with Crippen LogP contribution in [0.5, 0.6) is 5.88 Å². The first kappa shape index (κ1) is 15.7. The van der Waals surface area contributed by atoms with Crippen molar-refractivity contribution in [1.82, 2.24) is 9.97 Å². The summed E-state index contributed by atoms with van der Waals surface area (Å²) in [7, 11) is 0. The Morgan fingerprint density at radius 3 is 2.79 bits per heavy atom. The maximum Gasteiger partial charge on any atom is 0.345 e. The molecular weight excluding hydrogens is 315 g/mol. The molecule has 122 valence electrons. The Balaban J connectivity index is 2.03. The Hall–Kier alpha value is -3.21. The lowest BCUT2D eigenvalue weighted by atomic mass is 9.94. The second-order valence-corrected chi connectivity index (χ2v) is 5.42. The number of anilines is 1. The summed E-state index contributed by atoms with van der Waals surface area (Å²) in [4.78, 5) is 19.5. The molecule has 1 heterocycles. The van der Waals surface area contributed by atoms with Gasteiger partial charge < -0.3 is 15.6 Å². The van der Waals surface area contributed by atoms with Gasteiger partial charge in [-0.25, -0.2) is 14.2 Å². The lowest BCUT2D eigenvalue weighted by Crippen LogP contribution is -2.35. The fourth-order valence-corrected chi connectivity index (χ4v) is 2.36. The van der Waals surface area contributed by atoms with Crippen molar-refractivity contribution in [2.24, 2.45) is 0 Å². The molecule has 3 rings (SSSR count). The molecule has 0 bridgehead atoms. The number of carboxylic acids is 1. The van der Waals surface area contributed by atoms with E-state index in [-0.39, 0.29) is 35.9 Å². The molecule has 0 amide bonds. The van der Waals surface area contributed by atoms with Gasteiger partial charge in [-0.15, -0.1) is 0 Å². The first-order chi connectivity index (χ1) is 11.5. The topological polar surface area (TPSA) is 122 Å². The number of ether oxygens (including phenoxy) is 1. The summed E-state index contributed by atoms with van der Waals surface area (Å²) in [6.45, 7) is 0. The van der Waals surface area contributed by atoms with Gasteiger partial charge in [0.1, 0.15) is 18.1 Å². The van der Waals surface area contributed by atoms with E-state index in [1.165, 1.54) is 0 Å². The number of nitriles is 1. The predicted octanol–water partition coefficient (Wildman–Crippen LogP) is 2.17. The van der Waals surface area contributed by atoms with Gasteiger partial charge in [0, 0.05) is 18.4 Å². The van der Waals surface area contributed by atoms with Gasteiger partial charge in [0.15, 0.2) is 11.4 Å². The Morgan fingerprint density at radius 1 is 1.42 bits per heavy atom. The standard InChI is InChI=1S/C16H13FN4O3/c17-10-5-11(6-10)24-15-12(16(22)23)13(19)20-14(21-15)9-3-1-2-8(4-9)7-18/h1-4,10-11H,5-6H2,(H,22,23)(H2,19,20,21). The highest BCUT2D eigenvalue weighted by Gasteiger charge is 2.33. The van der Waals surface area contributed by atoms with Gasteiger partial charge in [-0.3, -0.25) is 0 Å². The monoisotopic (exact) mass is 328 g/mol. The summed E-state index contributed by atoms with van der Waals surface area (Å²) < 4.78 is 18.4. The van der Waals surface area contributed by atoms with Gasteiger partial charge >= 0.3 is 5.97 Å². The van der Waals surface area contributed by atoms with Crippen LogP contribution in [-0.2, 0) is 0 Å².